The summed E-state index contributed by atoms with van der Waals surface area (Å²) < 4.78 is 16.8. The maximum atomic E-state index is 12.8. The summed E-state index contributed by atoms with van der Waals surface area (Å²) in [5.74, 6) is -0.903. The highest BCUT2D eigenvalue weighted by Gasteiger charge is 2.19. The van der Waals surface area contributed by atoms with Gasteiger partial charge in [0, 0.05) is 19.3 Å². The van der Waals surface area contributed by atoms with E-state index in [1.54, 1.807) is 0 Å². The van der Waals surface area contributed by atoms with Gasteiger partial charge in [-0.2, -0.15) is 0 Å². The fourth-order valence-electron chi connectivity index (χ4n) is 8.09. The van der Waals surface area contributed by atoms with Crippen molar-refractivity contribution in [1.82, 2.24) is 0 Å². The van der Waals surface area contributed by atoms with Crippen molar-refractivity contribution in [3.8, 4) is 0 Å². The SMILES string of the molecule is CCC/C=C\CCCCCCCC(=O)OCC(COC(=O)CCCCCCCC/C=C\C/C=C\C/C=C\CCCCCCC)OC(=O)CCCCCCCCC/C=C\CCCCCCCCC. The molecule has 6 nitrogen and oxygen atoms in total. The molecule has 67 heavy (non-hydrogen) atoms. The summed E-state index contributed by atoms with van der Waals surface area (Å²) in [6, 6.07) is 0. The molecule has 0 aromatic carbocycles. The van der Waals surface area contributed by atoms with Crippen LogP contribution in [0.2, 0.25) is 0 Å². The first-order valence-electron chi connectivity index (χ1n) is 28.8. The van der Waals surface area contributed by atoms with Crippen LogP contribution in [0.15, 0.2) is 60.8 Å². The molecule has 0 aliphatic heterocycles. The van der Waals surface area contributed by atoms with Crippen LogP contribution in [0.1, 0.15) is 290 Å². The maximum absolute atomic E-state index is 12.8. The molecular weight excluding hydrogens is 829 g/mol. The van der Waals surface area contributed by atoms with Crippen molar-refractivity contribution in [1.29, 1.82) is 0 Å². The van der Waals surface area contributed by atoms with Crippen molar-refractivity contribution in [2.75, 3.05) is 13.2 Å². The molecule has 0 N–H and O–H groups in total. The van der Waals surface area contributed by atoms with Crippen LogP contribution in [0.25, 0.3) is 0 Å². The third-order valence-corrected chi connectivity index (χ3v) is 12.4. The molecule has 0 saturated heterocycles. The first kappa shape index (κ1) is 64.1. The Morgan fingerprint density at radius 2 is 0.567 bits per heavy atom. The molecule has 6 heteroatoms. The standard InChI is InChI=1S/C61H108O6/c1-4-7-10-13-16-19-22-24-26-28-30-31-32-34-35-37-39-42-45-48-51-54-60(63)66-57-58(56-65-59(62)53-50-47-44-41-21-18-15-12-9-6-3)67-61(64)55-52-49-46-43-40-38-36-33-29-27-25-23-20-17-14-11-8-5-2/h12,15,22,24,27-30,32,34,58H,4-11,13-14,16-21,23,25-26,31,33,35-57H2,1-3H3/b15-12-,24-22-,29-27-,30-28-,34-32-. The molecule has 0 saturated carbocycles. The molecule has 0 aliphatic carbocycles. The van der Waals surface area contributed by atoms with E-state index in [1.807, 2.05) is 0 Å². The molecule has 0 aliphatic rings. The van der Waals surface area contributed by atoms with Gasteiger partial charge >= 0.3 is 17.9 Å². The van der Waals surface area contributed by atoms with Crippen molar-refractivity contribution in [3.63, 3.8) is 0 Å². The molecular formula is C61H108O6. The second kappa shape index (κ2) is 55.7. The van der Waals surface area contributed by atoms with Gasteiger partial charge in [0.2, 0.25) is 0 Å². The van der Waals surface area contributed by atoms with Gasteiger partial charge in [0.1, 0.15) is 13.2 Å². The monoisotopic (exact) mass is 937 g/mol. The summed E-state index contributed by atoms with van der Waals surface area (Å²) in [5.41, 5.74) is 0. The average molecular weight is 938 g/mol. The number of rotatable bonds is 52. The fraction of sp³-hybridized carbons (Fsp3) is 0.787. The first-order valence-corrected chi connectivity index (χ1v) is 28.8. The van der Waals surface area contributed by atoms with E-state index < -0.39 is 6.10 Å². The van der Waals surface area contributed by atoms with Gasteiger partial charge in [0.05, 0.1) is 0 Å². The van der Waals surface area contributed by atoms with Crippen LogP contribution in [0, 0.1) is 0 Å². The number of esters is 3. The molecule has 0 aromatic rings. The predicted molar refractivity (Wildman–Crippen MR) is 288 cm³/mol. The largest absolute Gasteiger partial charge is 0.462 e. The Bertz CT molecular complexity index is 1210. The van der Waals surface area contributed by atoms with Gasteiger partial charge in [-0.15, -0.1) is 0 Å². The number of hydrogen-bond donors (Lipinski definition) is 0. The Morgan fingerprint density at radius 1 is 0.299 bits per heavy atom. The van der Waals surface area contributed by atoms with Crippen LogP contribution < -0.4 is 0 Å². The molecule has 0 fully saturated rings. The fourth-order valence-corrected chi connectivity index (χ4v) is 8.09. The van der Waals surface area contributed by atoms with E-state index in [-0.39, 0.29) is 31.1 Å². The van der Waals surface area contributed by atoms with Crippen LogP contribution in [0.5, 0.6) is 0 Å². The van der Waals surface area contributed by atoms with Crippen LogP contribution in [0.4, 0.5) is 0 Å². The zero-order valence-corrected chi connectivity index (χ0v) is 44.4. The Hall–Kier alpha value is -2.89. The normalized spacial score (nSPS) is 12.5. The molecule has 0 radical (unpaired) electrons. The van der Waals surface area contributed by atoms with Crippen molar-refractivity contribution >= 4 is 17.9 Å². The minimum absolute atomic E-state index is 0.0842. The number of unbranched alkanes of at least 4 members (excludes halogenated alkanes) is 31. The smallest absolute Gasteiger partial charge is 0.306 e. The zero-order valence-electron chi connectivity index (χ0n) is 44.4. The molecule has 0 aromatic heterocycles. The summed E-state index contributed by atoms with van der Waals surface area (Å²) in [5, 5.41) is 0. The Kier molecular flexibility index (Phi) is 53.3. The Labute approximate surface area is 415 Å². The van der Waals surface area contributed by atoms with Crippen LogP contribution in [0.3, 0.4) is 0 Å². The lowest BCUT2D eigenvalue weighted by Gasteiger charge is -2.18. The highest BCUT2D eigenvalue weighted by atomic mass is 16.6. The van der Waals surface area contributed by atoms with Crippen LogP contribution in [-0.2, 0) is 28.6 Å². The highest BCUT2D eigenvalue weighted by molar-refractivity contribution is 5.71. The van der Waals surface area contributed by atoms with Gasteiger partial charge < -0.3 is 14.2 Å². The van der Waals surface area contributed by atoms with Gasteiger partial charge in [-0.25, -0.2) is 0 Å². The summed E-state index contributed by atoms with van der Waals surface area (Å²) in [6.07, 6.45) is 69.3. The summed E-state index contributed by atoms with van der Waals surface area (Å²) in [6.45, 7) is 6.56. The van der Waals surface area contributed by atoms with Crippen LogP contribution in [-0.4, -0.2) is 37.2 Å². The molecule has 0 spiro atoms. The summed E-state index contributed by atoms with van der Waals surface area (Å²) in [7, 11) is 0. The van der Waals surface area contributed by atoms with Crippen molar-refractivity contribution in [2.45, 2.75) is 297 Å². The van der Waals surface area contributed by atoms with Gasteiger partial charge in [-0.3, -0.25) is 14.4 Å². The molecule has 388 valence electrons. The van der Waals surface area contributed by atoms with Crippen molar-refractivity contribution in [2.24, 2.45) is 0 Å². The molecule has 0 bridgehead atoms. The predicted octanol–water partition coefficient (Wildman–Crippen LogP) is 19.2. The first-order chi connectivity index (χ1) is 33.0. The molecule has 0 rings (SSSR count). The van der Waals surface area contributed by atoms with E-state index in [4.69, 9.17) is 14.2 Å². The minimum atomic E-state index is -0.785. The van der Waals surface area contributed by atoms with E-state index in [9.17, 15) is 14.4 Å². The maximum Gasteiger partial charge on any atom is 0.306 e. The second-order valence-electron chi connectivity index (χ2n) is 19.2. The van der Waals surface area contributed by atoms with Gasteiger partial charge in [0.15, 0.2) is 6.10 Å². The molecule has 1 unspecified atom stereocenters. The van der Waals surface area contributed by atoms with E-state index in [0.29, 0.717) is 19.3 Å². The van der Waals surface area contributed by atoms with E-state index in [0.717, 1.165) is 89.9 Å². The lowest BCUT2D eigenvalue weighted by atomic mass is 10.1. The lowest BCUT2D eigenvalue weighted by molar-refractivity contribution is -0.167. The second-order valence-corrected chi connectivity index (χ2v) is 19.2. The number of carbonyl (C=O) groups is 3. The number of allylic oxidation sites excluding steroid dienone is 10. The van der Waals surface area contributed by atoms with Gasteiger partial charge in [-0.05, 0) is 103 Å². The van der Waals surface area contributed by atoms with Gasteiger partial charge in [0.25, 0.3) is 0 Å². The zero-order chi connectivity index (χ0) is 48.6. The summed E-state index contributed by atoms with van der Waals surface area (Å²) >= 11 is 0. The van der Waals surface area contributed by atoms with E-state index in [2.05, 4.69) is 81.5 Å². The quantitative estimate of drug-likeness (QED) is 0.0262. The van der Waals surface area contributed by atoms with E-state index >= 15 is 0 Å². The highest BCUT2D eigenvalue weighted by Crippen LogP contribution is 2.15. The minimum Gasteiger partial charge on any atom is -0.462 e. The third kappa shape index (κ3) is 53.9. The Balaban J connectivity index is 4.33. The van der Waals surface area contributed by atoms with Crippen LogP contribution >= 0.6 is 0 Å². The average Bonchev–Trinajstić information content (AvgIpc) is 3.33. The lowest BCUT2D eigenvalue weighted by Crippen LogP contribution is -2.30. The van der Waals surface area contributed by atoms with Crippen molar-refractivity contribution < 1.29 is 28.6 Å². The number of ether oxygens (including phenoxy) is 3. The molecule has 1 atom stereocenters. The summed E-state index contributed by atoms with van der Waals surface area (Å²) in [4.78, 5) is 38.1. The number of carbonyl (C=O) groups excluding carboxylic acids is 3. The van der Waals surface area contributed by atoms with E-state index in [1.165, 1.54) is 161 Å². The molecule has 0 heterocycles. The molecule has 0 amide bonds. The third-order valence-electron chi connectivity index (χ3n) is 12.4. The van der Waals surface area contributed by atoms with Crippen molar-refractivity contribution in [3.05, 3.63) is 60.8 Å². The van der Waals surface area contributed by atoms with Gasteiger partial charge in [-0.1, -0.05) is 229 Å². The number of hydrogen-bond acceptors (Lipinski definition) is 6. The Morgan fingerprint density at radius 3 is 0.910 bits per heavy atom. The topological polar surface area (TPSA) is 78.9 Å².